The fourth-order valence-electron chi connectivity index (χ4n) is 3.75. The summed E-state index contributed by atoms with van der Waals surface area (Å²) in [4.78, 5) is 13.1. The average molecular weight is 402 g/mol. The third kappa shape index (κ3) is 4.54. The van der Waals surface area contributed by atoms with E-state index in [9.17, 15) is 4.79 Å². The second-order valence-corrected chi connectivity index (χ2v) is 7.55. The van der Waals surface area contributed by atoms with E-state index in [4.69, 9.17) is 4.74 Å². The van der Waals surface area contributed by atoms with Crippen LogP contribution in [-0.2, 0) is 4.74 Å². The Morgan fingerprint density at radius 2 is 1.66 bits per heavy atom. The summed E-state index contributed by atoms with van der Waals surface area (Å²) in [6, 6.07) is 24.6. The summed E-state index contributed by atoms with van der Waals surface area (Å²) < 4.78 is 5.54. The van der Waals surface area contributed by atoms with Gasteiger partial charge in [-0.1, -0.05) is 72.8 Å². The molecule has 1 aliphatic rings. The summed E-state index contributed by atoms with van der Waals surface area (Å²) in [5, 5.41) is 2.82. The maximum atomic E-state index is 12.1. The molecule has 0 saturated carbocycles. The van der Waals surface area contributed by atoms with E-state index in [1.54, 1.807) is 0 Å². The van der Waals surface area contributed by atoms with E-state index in [2.05, 4.69) is 42.2 Å². The van der Waals surface area contributed by atoms with Crippen molar-refractivity contribution in [3.63, 3.8) is 0 Å². The topological polar surface area (TPSA) is 38.3 Å². The number of benzene rings is 3. The minimum absolute atomic E-state index is 0.0848. The zero-order valence-corrected chi connectivity index (χ0v) is 16.9. The number of fused-ring (bicyclic) bond motifs is 3. The van der Waals surface area contributed by atoms with Crippen LogP contribution >= 0.6 is 12.6 Å². The highest BCUT2D eigenvalue weighted by molar-refractivity contribution is 7.80. The molecule has 3 nitrogen and oxygen atoms in total. The molecule has 0 unspecified atom stereocenters. The lowest BCUT2D eigenvalue weighted by molar-refractivity contribution is 0.143. The number of carbonyl (C=O) groups is 1. The van der Waals surface area contributed by atoms with Gasteiger partial charge in [0.1, 0.15) is 6.61 Å². The first-order valence-corrected chi connectivity index (χ1v) is 10.2. The monoisotopic (exact) mass is 401 g/mol. The van der Waals surface area contributed by atoms with Crippen LogP contribution in [0.15, 0.2) is 83.8 Å². The average Bonchev–Trinajstić information content (AvgIpc) is 3.06. The normalized spacial score (nSPS) is 12.6. The molecule has 4 rings (SSSR count). The van der Waals surface area contributed by atoms with Crippen molar-refractivity contribution in [2.45, 2.75) is 17.2 Å². The molecule has 0 spiro atoms. The Kier molecular flexibility index (Phi) is 6.01. The van der Waals surface area contributed by atoms with Crippen LogP contribution in [0.5, 0.6) is 0 Å². The van der Waals surface area contributed by atoms with Crippen molar-refractivity contribution in [1.29, 1.82) is 0 Å². The van der Waals surface area contributed by atoms with Crippen LogP contribution in [0.4, 0.5) is 4.79 Å². The van der Waals surface area contributed by atoms with Crippen molar-refractivity contribution in [3.05, 3.63) is 95.6 Å². The Bertz CT molecular complexity index is 999. The standard InChI is InChI=1S/C25H23NO2S/c27-25(26-15-6-5-8-18-9-7-10-19(29)16-18)28-17-24-22-13-3-1-11-20(22)21-12-2-4-14-23(21)24/h1-5,7-14,16,24,29H,6,15,17H2,(H,26,27). The SMILES string of the molecule is O=C(NCCC=Cc1cccc(S)c1)OCC1c2ccccc2-c2ccccc21. The summed E-state index contributed by atoms with van der Waals surface area (Å²) in [6.07, 6.45) is 4.42. The van der Waals surface area contributed by atoms with Gasteiger partial charge in [-0.2, -0.15) is 0 Å². The third-order valence-corrected chi connectivity index (χ3v) is 5.38. The van der Waals surface area contributed by atoms with E-state index >= 15 is 0 Å². The van der Waals surface area contributed by atoms with Crippen LogP contribution in [0.25, 0.3) is 17.2 Å². The fraction of sp³-hybridized carbons (Fsp3) is 0.160. The number of hydrogen-bond donors (Lipinski definition) is 2. The van der Waals surface area contributed by atoms with E-state index < -0.39 is 0 Å². The van der Waals surface area contributed by atoms with Crippen molar-refractivity contribution in [2.75, 3.05) is 13.2 Å². The van der Waals surface area contributed by atoms with Crippen molar-refractivity contribution < 1.29 is 9.53 Å². The summed E-state index contributed by atoms with van der Waals surface area (Å²) in [5.74, 6) is 0.0848. The van der Waals surface area contributed by atoms with Crippen molar-refractivity contribution >= 4 is 24.8 Å². The van der Waals surface area contributed by atoms with Crippen LogP contribution < -0.4 is 5.32 Å². The van der Waals surface area contributed by atoms with E-state index in [0.29, 0.717) is 13.2 Å². The molecule has 3 aromatic carbocycles. The molecule has 0 atom stereocenters. The number of rotatable bonds is 6. The van der Waals surface area contributed by atoms with Gasteiger partial charge in [0.15, 0.2) is 0 Å². The third-order valence-electron chi connectivity index (χ3n) is 5.10. The Hall–Kier alpha value is -2.98. The molecule has 0 radical (unpaired) electrons. The molecular weight excluding hydrogens is 378 g/mol. The number of thiol groups is 1. The molecule has 146 valence electrons. The molecule has 0 aromatic heterocycles. The molecule has 1 amide bonds. The van der Waals surface area contributed by atoms with Gasteiger partial charge >= 0.3 is 6.09 Å². The van der Waals surface area contributed by atoms with E-state index in [1.807, 2.05) is 60.7 Å². The molecule has 3 aromatic rings. The number of hydrogen-bond acceptors (Lipinski definition) is 3. The Morgan fingerprint density at radius 1 is 0.966 bits per heavy atom. The molecule has 0 bridgehead atoms. The minimum Gasteiger partial charge on any atom is -0.449 e. The Labute approximate surface area is 176 Å². The molecule has 29 heavy (non-hydrogen) atoms. The zero-order chi connectivity index (χ0) is 20.1. The summed E-state index contributed by atoms with van der Waals surface area (Å²) in [6.45, 7) is 0.873. The number of carbonyl (C=O) groups excluding carboxylic acids is 1. The first-order chi connectivity index (χ1) is 14.2. The predicted octanol–water partition coefficient (Wildman–Crippen LogP) is 5.92. The van der Waals surface area contributed by atoms with Crippen molar-refractivity contribution in [2.24, 2.45) is 0 Å². The predicted molar refractivity (Wildman–Crippen MR) is 120 cm³/mol. The van der Waals surface area contributed by atoms with Gasteiger partial charge in [-0.15, -0.1) is 12.6 Å². The van der Waals surface area contributed by atoms with Crippen LogP contribution in [0, 0.1) is 0 Å². The molecule has 0 fully saturated rings. The maximum absolute atomic E-state index is 12.1. The molecule has 4 heteroatoms. The highest BCUT2D eigenvalue weighted by atomic mass is 32.1. The van der Waals surface area contributed by atoms with Gasteiger partial charge < -0.3 is 10.1 Å². The lowest BCUT2D eigenvalue weighted by Crippen LogP contribution is -2.26. The molecule has 0 saturated heterocycles. The summed E-state index contributed by atoms with van der Waals surface area (Å²) >= 11 is 4.33. The molecule has 1 N–H and O–H groups in total. The van der Waals surface area contributed by atoms with Crippen molar-refractivity contribution in [1.82, 2.24) is 5.32 Å². The largest absolute Gasteiger partial charge is 0.449 e. The number of ether oxygens (including phenoxy) is 1. The van der Waals surface area contributed by atoms with Crippen LogP contribution in [0.1, 0.15) is 29.0 Å². The van der Waals surface area contributed by atoms with Crippen LogP contribution in [0.3, 0.4) is 0 Å². The van der Waals surface area contributed by atoms with Gasteiger partial charge in [-0.25, -0.2) is 4.79 Å². The van der Waals surface area contributed by atoms with Gasteiger partial charge in [-0.3, -0.25) is 0 Å². The number of amides is 1. The van der Waals surface area contributed by atoms with E-state index in [-0.39, 0.29) is 12.0 Å². The number of alkyl carbamates (subject to hydrolysis) is 1. The van der Waals surface area contributed by atoms with Gasteiger partial charge in [0.25, 0.3) is 0 Å². The van der Waals surface area contributed by atoms with Crippen LogP contribution in [0.2, 0.25) is 0 Å². The first-order valence-electron chi connectivity index (χ1n) is 9.77. The highest BCUT2D eigenvalue weighted by Gasteiger charge is 2.28. The van der Waals surface area contributed by atoms with Gasteiger partial charge in [0.05, 0.1) is 0 Å². The number of nitrogens with one attached hydrogen (secondary N) is 1. The Balaban J connectivity index is 1.28. The molecule has 0 heterocycles. The second kappa shape index (κ2) is 9.01. The quantitative estimate of drug-likeness (QED) is 0.398. The van der Waals surface area contributed by atoms with Crippen LogP contribution in [-0.4, -0.2) is 19.2 Å². The summed E-state index contributed by atoms with van der Waals surface area (Å²) in [7, 11) is 0. The molecular formula is C25H23NO2S. The van der Waals surface area contributed by atoms with Gasteiger partial charge in [0, 0.05) is 17.4 Å². The fourth-order valence-corrected chi connectivity index (χ4v) is 3.99. The summed E-state index contributed by atoms with van der Waals surface area (Å²) in [5.41, 5.74) is 5.99. The lowest BCUT2D eigenvalue weighted by atomic mass is 9.98. The van der Waals surface area contributed by atoms with E-state index in [1.165, 1.54) is 22.3 Å². The maximum Gasteiger partial charge on any atom is 0.407 e. The first kappa shape index (κ1) is 19.3. The Morgan fingerprint density at radius 3 is 2.34 bits per heavy atom. The van der Waals surface area contributed by atoms with Crippen molar-refractivity contribution in [3.8, 4) is 11.1 Å². The van der Waals surface area contributed by atoms with E-state index in [0.717, 1.165) is 16.9 Å². The van der Waals surface area contributed by atoms with Gasteiger partial charge in [-0.05, 0) is 46.4 Å². The zero-order valence-electron chi connectivity index (χ0n) is 16.0. The second-order valence-electron chi connectivity index (χ2n) is 7.04. The molecule has 1 aliphatic carbocycles. The smallest absolute Gasteiger partial charge is 0.407 e. The van der Waals surface area contributed by atoms with Gasteiger partial charge in [0.2, 0.25) is 0 Å². The minimum atomic E-state index is -0.377. The lowest BCUT2D eigenvalue weighted by Gasteiger charge is -2.14. The highest BCUT2D eigenvalue weighted by Crippen LogP contribution is 2.44. The molecule has 0 aliphatic heterocycles.